The molecule has 0 heterocycles. The lowest BCUT2D eigenvalue weighted by Crippen LogP contribution is -2.48. The van der Waals surface area contributed by atoms with Crippen LogP contribution in [0.1, 0.15) is 39.5 Å². The highest BCUT2D eigenvalue weighted by Gasteiger charge is 2.48. The first-order valence-electron chi connectivity index (χ1n) is 6.50. The van der Waals surface area contributed by atoms with Crippen molar-refractivity contribution in [2.45, 2.75) is 39.5 Å². The summed E-state index contributed by atoms with van der Waals surface area (Å²) < 4.78 is 0. The molecule has 100 valence electrons. The van der Waals surface area contributed by atoms with Gasteiger partial charge in [-0.1, -0.05) is 13.8 Å². The molecular weight excluding hydrogens is 230 g/mol. The zero-order valence-electron chi connectivity index (χ0n) is 11.1. The van der Waals surface area contributed by atoms with Crippen molar-refractivity contribution in [2.24, 2.45) is 11.3 Å². The third kappa shape index (κ3) is 3.46. The molecule has 1 aliphatic carbocycles. The van der Waals surface area contributed by atoms with E-state index in [4.69, 9.17) is 5.26 Å². The number of nitriles is 1. The molecule has 1 rings (SSSR count). The number of nitrogens with zero attached hydrogens (tertiary/aromatic N) is 1. The zero-order valence-corrected chi connectivity index (χ0v) is 11.1. The van der Waals surface area contributed by atoms with E-state index in [9.17, 15) is 9.59 Å². The average Bonchev–Trinajstić information content (AvgIpc) is 2.31. The Hall–Kier alpha value is -1.57. The molecule has 0 aromatic heterocycles. The second kappa shape index (κ2) is 6.39. The van der Waals surface area contributed by atoms with E-state index in [0.717, 1.165) is 6.42 Å². The highest BCUT2D eigenvalue weighted by atomic mass is 16.2. The van der Waals surface area contributed by atoms with Gasteiger partial charge in [-0.2, -0.15) is 5.26 Å². The Bertz CT molecular complexity index is 354. The molecule has 1 saturated carbocycles. The molecule has 1 fully saturated rings. The molecule has 0 atom stereocenters. The highest BCUT2D eigenvalue weighted by Crippen LogP contribution is 2.44. The van der Waals surface area contributed by atoms with Crippen LogP contribution in [0.5, 0.6) is 0 Å². The maximum Gasteiger partial charge on any atom is 0.240 e. The van der Waals surface area contributed by atoms with Gasteiger partial charge in [0, 0.05) is 19.5 Å². The fourth-order valence-corrected chi connectivity index (χ4v) is 2.27. The number of hydrogen-bond donors (Lipinski definition) is 2. The molecule has 0 bridgehead atoms. The summed E-state index contributed by atoms with van der Waals surface area (Å²) in [5, 5.41) is 14.5. The van der Waals surface area contributed by atoms with E-state index < -0.39 is 5.41 Å². The van der Waals surface area contributed by atoms with Crippen molar-refractivity contribution in [2.75, 3.05) is 13.1 Å². The van der Waals surface area contributed by atoms with Crippen molar-refractivity contribution in [3.8, 4) is 6.07 Å². The summed E-state index contributed by atoms with van der Waals surface area (Å²) in [7, 11) is 0. The summed E-state index contributed by atoms with van der Waals surface area (Å²) in [6.07, 6.45) is 2.41. The molecule has 0 aromatic rings. The Morgan fingerprint density at radius 1 is 1.33 bits per heavy atom. The lowest BCUT2D eigenvalue weighted by molar-refractivity contribution is -0.134. The van der Waals surface area contributed by atoms with Gasteiger partial charge in [0.2, 0.25) is 11.8 Å². The molecule has 5 nitrogen and oxygen atoms in total. The van der Waals surface area contributed by atoms with Gasteiger partial charge in [-0.15, -0.1) is 0 Å². The highest BCUT2D eigenvalue weighted by molar-refractivity contribution is 5.87. The minimum Gasteiger partial charge on any atom is -0.356 e. The maximum absolute atomic E-state index is 11.9. The van der Waals surface area contributed by atoms with Gasteiger partial charge in [0.25, 0.3) is 0 Å². The summed E-state index contributed by atoms with van der Waals surface area (Å²) in [5.74, 6) is 0.139. The van der Waals surface area contributed by atoms with Crippen LogP contribution < -0.4 is 10.6 Å². The Morgan fingerprint density at radius 2 is 2.00 bits per heavy atom. The number of amides is 2. The summed E-state index contributed by atoms with van der Waals surface area (Å²) in [6, 6.07) is 2.10. The summed E-state index contributed by atoms with van der Waals surface area (Å²) in [5.41, 5.74) is -0.848. The minimum absolute atomic E-state index is 0.0647. The predicted octanol–water partition coefficient (Wildman–Crippen LogP) is 0.959. The van der Waals surface area contributed by atoms with Gasteiger partial charge in [-0.25, -0.2) is 0 Å². The van der Waals surface area contributed by atoms with E-state index in [1.54, 1.807) is 0 Å². The minimum atomic E-state index is -0.848. The normalized spacial score (nSPS) is 25.7. The molecule has 0 spiro atoms. The molecule has 0 aromatic carbocycles. The van der Waals surface area contributed by atoms with Crippen molar-refractivity contribution in [1.29, 1.82) is 5.26 Å². The second-order valence-corrected chi connectivity index (χ2v) is 5.06. The Kier molecular flexibility index (Phi) is 5.14. The number of carbonyl (C=O) groups excluding carboxylic acids is 2. The zero-order chi connectivity index (χ0) is 13.6. The van der Waals surface area contributed by atoms with E-state index in [2.05, 4.69) is 16.7 Å². The summed E-state index contributed by atoms with van der Waals surface area (Å²) >= 11 is 0. The van der Waals surface area contributed by atoms with Crippen LogP contribution in [0, 0.1) is 22.7 Å². The van der Waals surface area contributed by atoms with Crippen LogP contribution in [-0.4, -0.2) is 24.9 Å². The molecule has 5 heteroatoms. The quantitative estimate of drug-likeness (QED) is 0.737. The summed E-state index contributed by atoms with van der Waals surface area (Å²) in [4.78, 5) is 23.2. The fourth-order valence-electron chi connectivity index (χ4n) is 2.27. The van der Waals surface area contributed by atoms with Crippen LogP contribution in [0.15, 0.2) is 0 Å². The van der Waals surface area contributed by atoms with Crippen LogP contribution >= 0.6 is 0 Å². The number of rotatable bonds is 6. The standard InChI is InChI=1S/C13H21N3O2/c1-3-5-15-11(17)4-6-16-12(18)13(9-14)7-10(2)8-13/h10H,3-8H2,1-2H3,(H,15,17)(H,16,18). The SMILES string of the molecule is CCCNC(=O)CCNC(=O)C1(C#N)CC(C)C1. The van der Waals surface area contributed by atoms with E-state index in [1.165, 1.54) is 0 Å². The molecule has 0 saturated heterocycles. The Morgan fingerprint density at radius 3 is 2.50 bits per heavy atom. The van der Waals surface area contributed by atoms with Gasteiger partial charge in [0.15, 0.2) is 0 Å². The summed E-state index contributed by atoms with van der Waals surface area (Å²) in [6.45, 7) is 4.97. The topological polar surface area (TPSA) is 82.0 Å². The molecule has 0 radical (unpaired) electrons. The average molecular weight is 251 g/mol. The first-order valence-corrected chi connectivity index (χ1v) is 6.50. The molecule has 0 aliphatic heterocycles. The second-order valence-electron chi connectivity index (χ2n) is 5.06. The van der Waals surface area contributed by atoms with Crippen LogP contribution in [0.2, 0.25) is 0 Å². The smallest absolute Gasteiger partial charge is 0.240 e. The van der Waals surface area contributed by atoms with Gasteiger partial charge >= 0.3 is 0 Å². The predicted molar refractivity (Wildman–Crippen MR) is 67.4 cm³/mol. The van der Waals surface area contributed by atoms with E-state index in [0.29, 0.717) is 31.8 Å². The molecule has 2 amide bonds. The van der Waals surface area contributed by atoms with Crippen LogP contribution in [0.3, 0.4) is 0 Å². The first-order chi connectivity index (χ1) is 8.54. The number of carbonyl (C=O) groups is 2. The monoisotopic (exact) mass is 251 g/mol. The first kappa shape index (κ1) is 14.5. The van der Waals surface area contributed by atoms with Gasteiger partial charge in [-0.3, -0.25) is 9.59 Å². The van der Waals surface area contributed by atoms with Crippen LogP contribution in [0.4, 0.5) is 0 Å². The lowest BCUT2D eigenvalue weighted by atomic mass is 9.63. The van der Waals surface area contributed by atoms with E-state index in [1.807, 2.05) is 13.8 Å². The Balaban J connectivity index is 2.25. The number of hydrogen-bond acceptors (Lipinski definition) is 3. The van der Waals surface area contributed by atoms with Crippen LogP contribution in [0.25, 0.3) is 0 Å². The molecular formula is C13H21N3O2. The van der Waals surface area contributed by atoms with Gasteiger partial charge < -0.3 is 10.6 Å². The van der Waals surface area contributed by atoms with Crippen molar-refractivity contribution < 1.29 is 9.59 Å². The fraction of sp³-hybridized carbons (Fsp3) is 0.769. The maximum atomic E-state index is 11.9. The van der Waals surface area contributed by atoms with Crippen molar-refractivity contribution in [1.82, 2.24) is 10.6 Å². The molecule has 1 aliphatic rings. The van der Waals surface area contributed by atoms with Crippen LogP contribution in [-0.2, 0) is 9.59 Å². The number of nitrogens with one attached hydrogen (secondary N) is 2. The van der Waals surface area contributed by atoms with Gasteiger partial charge in [0.1, 0.15) is 5.41 Å². The van der Waals surface area contributed by atoms with Crippen molar-refractivity contribution in [3.05, 3.63) is 0 Å². The third-order valence-corrected chi connectivity index (χ3v) is 3.25. The van der Waals surface area contributed by atoms with E-state index in [-0.39, 0.29) is 18.2 Å². The van der Waals surface area contributed by atoms with Gasteiger partial charge in [0.05, 0.1) is 6.07 Å². The van der Waals surface area contributed by atoms with Crippen molar-refractivity contribution in [3.63, 3.8) is 0 Å². The molecule has 2 N–H and O–H groups in total. The molecule has 18 heavy (non-hydrogen) atoms. The van der Waals surface area contributed by atoms with Crippen molar-refractivity contribution >= 4 is 11.8 Å². The molecule has 0 unspecified atom stereocenters. The lowest BCUT2D eigenvalue weighted by Gasteiger charge is -2.39. The largest absolute Gasteiger partial charge is 0.356 e. The Labute approximate surface area is 108 Å². The van der Waals surface area contributed by atoms with Gasteiger partial charge in [-0.05, 0) is 25.2 Å². The third-order valence-electron chi connectivity index (χ3n) is 3.25. The van der Waals surface area contributed by atoms with E-state index >= 15 is 0 Å².